The van der Waals surface area contributed by atoms with E-state index < -0.39 is 11.7 Å². The summed E-state index contributed by atoms with van der Waals surface area (Å²) >= 11 is 4.24. The smallest absolute Gasteiger partial charge is 0.415 e. The summed E-state index contributed by atoms with van der Waals surface area (Å²) in [6.45, 7) is 11.5. The topological polar surface area (TPSA) is 27.1 Å². The first-order valence-electron chi connectivity index (χ1n) is 10.3. The Morgan fingerprint density at radius 3 is 2.34 bits per heavy atom. The fourth-order valence-electron chi connectivity index (χ4n) is 3.19. The minimum atomic E-state index is -4.48. The van der Waals surface area contributed by atoms with Gasteiger partial charge in [0.2, 0.25) is 0 Å². The highest BCUT2D eigenvalue weighted by Crippen LogP contribution is 2.35. The molecule has 1 atom stereocenters. The maximum Gasteiger partial charge on any atom is 0.415 e. The maximum atomic E-state index is 13.1. The highest BCUT2D eigenvalue weighted by molar-refractivity contribution is 15.0. The lowest BCUT2D eigenvalue weighted by molar-refractivity contribution is -0.0877. The van der Waals surface area contributed by atoms with Gasteiger partial charge in [-0.3, -0.25) is 4.68 Å². The van der Waals surface area contributed by atoms with E-state index >= 15 is 0 Å². The number of alkyl halides is 3. The van der Waals surface area contributed by atoms with E-state index in [-0.39, 0.29) is 17.8 Å². The number of hydrogen-bond acceptors (Lipinski definition) is 2. The van der Waals surface area contributed by atoms with Crippen LogP contribution in [0.4, 0.5) is 17.6 Å². The zero-order valence-electron chi connectivity index (χ0n) is 18.5. The lowest BCUT2D eigenvalue weighted by Crippen LogP contribution is -2.20. The summed E-state index contributed by atoms with van der Waals surface area (Å²) in [6, 6.07) is 7.53. The van der Waals surface area contributed by atoms with Crippen LogP contribution in [-0.2, 0) is 6.54 Å². The average molecular weight is 678 g/mol. The third-order valence-electron chi connectivity index (χ3n) is 4.68. The van der Waals surface area contributed by atoms with Crippen LogP contribution in [0.5, 0.6) is 5.75 Å². The van der Waals surface area contributed by atoms with Gasteiger partial charge >= 0.3 is 6.18 Å². The van der Waals surface area contributed by atoms with Crippen LogP contribution in [0, 0.1) is 11.7 Å². The first-order valence-corrected chi connectivity index (χ1v) is 16.6. The lowest BCUT2D eigenvalue weighted by atomic mass is 9.96. The second kappa shape index (κ2) is 13.6. The van der Waals surface area contributed by atoms with Crippen LogP contribution >= 0.6 is 37.2 Å². The van der Waals surface area contributed by atoms with Crippen LogP contribution in [0.1, 0.15) is 58.0 Å². The molecule has 3 rings (SSSR count). The SMILES string of the molecule is C=C(/C=C(/c1cc2n(n1)CCCC2Oc1ccc(F)cc1)C(C)C)C(F)(F)F.CC.II. The van der Waals surface area contributed by atoms with Crippen LogP contribution in [0.3, 0.4) is 0 Å². The number of fused-ring (bicyclic) bond motifs is 1. The summed E-state index contributed by atoms with van der Waals surface area (Å²) in [5, 5.41) is 4.51. The molecule has 178 valence electrons. The Hall–Kier alpha value is -1.11. The second-order valence-electron chi connectivity index (χ2n) is 7.16. The number of nitrogens with zero attached hydrogens (tertiary/aromatic N) is 2. The molecule has 3 nitrogen and oxygen atoms in total. The molecule has 0 radical (unpaired) electrons. The van der Waals surface area contributed by atoms with Crippen molar-refractivity contribution in [2.75, 3.05) is 0 Å². The van der Waals surface area contributed by atoms with Crippen molar-refractivity contribution < 1.29 is 22.3 Å². The number of hydrogen-bond donors (Lipinski definition) is 0. The molecule has 1 aromatic carbocycles. The summed E-state index contributed by atoms with van der Waals surface area (Å²) in [7, 11) is 0. The molecule has 0 fully saturated rings. The largest absolute Gasteiger partial charge is 0.484 e. The van der Waals surface area contributed by atoms with E-state index in [0.29, 0.717) is 23.6 Å². The van der Waals surface area contributed by atoms with Gasteiger partial charge in [0.15, 0.2) is 0 Å². The summed E-state index contributed by atoms with van der Waals surface area (Å²) in [6.07, 6.45) is -2.13. The number of rotatable bonds is 5. The standard InChI is InChI=1S/C21H22F4N2O.C2H6.I2/c1-13(2)17(11-14(3)21(23,24)25)18-12-19-20(5-4-10-27(19)26-18)28-16-8-6-15(22)7-9-16;2*1-2/h6-9,11-13,20H,3-5,10H2,1-2H3;1-2H3;/b17-11+;;. The predicted octanol–water partition coefficient (Wildman–Crippen LogP) is 8.89. The van der Waals surface area contributed by atoms with Crippen molar-refractivity contribution in [1.82, 2.24) is 9.78 Å². The van der Waals surface area contributed by atoms with Gasteiger partial charge in [-0.25, -0.2) is 4.39 Å². The van der Waals surface area contributed by atoms with Gasteiger partial charge in [0.1, 0.15) is 17.7 Å². The maximum absolute atomic E-state index is 13.1. The molecule has 0 amide bonds. The Labute approximate surface area is 210 Å². The number of aryl methyl sites for hydroxylation is 1. The Kier molecular flexibility index (Phi) is 12.3. The zero-order chi connectivity index (χ0) is 24.5. The lowest BCUT2D eigenvalue weighted by Gasteiger charge is -2.24. The summed E-state index contributed by atoms with van der Waals surface area (Å²) in [5.41, 5.74) is 0.866. The highest BCUT2D eigenvalue weighted by Gasteiger charge is 2.32. The van der Waals surface area contributed by atoms with E-state index in [4.69, 9.17) is 4.74 Å². The third-order valence-corrected chi connectivity index (χ3v) is 4.68. The normalized spacial score (nSPS) is 15.7. The van der Waals surface area contributed by atoms with Gasteiger partial charge < -0.3 is 4.74 Å². The van der Waals surface area contributed by atoms with Crippen molar-refractivity contribution in [3.05, 3.63) is 65.8 Å². The van der Waals surface area contributed by atoms with Crippen LogP contribution < -0.4 is 4.74 Å². The molecule has 0 N–H and O–H groups in total. The third kappa shape index (κ3) is 8.03. The Morgan fingerprint density at radius 2 is 1.81 bits per heavy atom. The van der Waals surface area contributed by atoms with Crippen molar-refractivity contribution in [3.63, 3.8) is 0 Å². The molecule has 0 saturated carbocycles. The molecule has 1 aliphatic rings. The van der Waals surface area contributed by atoms with Crippen LogP contribution in [0.2, 0.25) is 0 Å². The molecule has 0 spiro atoms. The number of aromatic nitrogens is 2. The molecule has 32 heavy (non-hydrogen) atoms. The van der Waals surface area contributed by atoms with Crippen molar-refractivity contribution in [3.8, 4) is 5.75 Å². The molecular weight excluding hydrogens is 650 g/mol. The first kappa shape index (κ1) is 28.9. The van der Waals surface area contributed by atoms with E-state index in [1.807, 2.05) is 27.7 Å². The van der Waals surface area contributed by atoms with E-state index in [0.717, 1.165) is 24.6 Å². The van der Waals surface area contributed by atoms with Crippen LogP contribution in [0.15, 0.2) is 48.6 Å². The molecule has 2 aromatic rings. The van der Waals surface area contributed by atoms with Crippen LogP contribution in [0.25, 0.3) is 5.57 Å². The quantitative estimate of drug-likeness (QED) is 0.180. The average Bonchev–Trinajstić information content (AvgIpc) is 3.20. The van der Waals surface area contributed by atoms with E-state index in [1.165, 1.54) is 12.1 Å². The molecule has 1 aromatic heterocycles. The molecule has 0 bridgehead atoms. The van der Waals surface area contributed by atoms with Gasteiger partial charge in [-0.2, -0.15) is 18.3 Å². The van der Waals surface area contributed by atoms with Crippen molar-refractivity contribution >= 4 is 42.8 Å². The molecule has 1 aliphatic heterocycles. The van der Waals surface area contributed by atoms with Crippen molar-refractivity contribution in [2.24, 2.45) is 5.92 Å². The van der Waals surface area contributed by atoms with Crippen molar-refractivity contribution in [1.29, 1.82) is 0 Å². The minimum absolute atomic E-state index is 0.160. The zero-order valence-corrected chi connectivity index (χ0v) is 22.8. The van der Waals surface area contributed by atoms with E-state index in [9.17, 15) is 17.6 Å². The van der Waals surface area contributed by atoms with Crippen LogP contribution in [-0.4, -0.2) is 16.0 Å². The van der Waals surface area contributed by atoms with Gasteiger partial charge in [-0.1, -0.05) is 34.3 Å². The number of halogens is 6. The van der Waals surface area contributed by atoms with Gasteiger partial charge in [0.25, 0.3) is 0 Å². The van der Waals surface area contributed by atoms with Gasteiger partial charge in [0, 0.05) is 49.3 Å². The number of allylic oxidation sites excluding steroid dienone is 3. The number of ether oxygens (including phenoxy) is 1. The van der Waals surface area contributed by atoms with Gasteiger partial charge in [-0.05, 0) is 60.7 Å². The highest BCUT2D eigenvalue weighted by atomic mass is 128. The van der Waals surface area contributed by atoms with E-state index in [2.05, 4.69) is 48.9 Å². The Balaban J connectivity index is 0.00000121. The van der Waals surface area contributed by atoms with Crippen molar-refractivity contribution in [2.45, 2.75) is 59.4 Å². The monoisotopic (exact) mass is 678 g/mol. The van der Waals surface area contributed by atoms with E-state index in [1.54, 1.807) is 22.9 Å². The summed E-state index contributed by atoms with van der Waals surface area (Å²) < 4.78 is 59.7. The predicted molar refractivity (Wildman–Crippen MR) is 139 cm³/mol. The molecule has 0 aliphatic carbocycles. The second-order valence-corrected chi connectivity index (χ2v) is 7.16. The number of benzene rings is 1. The Bertz CT molecular complexity index is 890. The fourth-order valence-corrected chi connectivity index (χ4v) is 3.19. The molecule has 2 heterocycles. The van der Waals surface area contributed by atoms with Gasteiger partial charge in [0.05, 0.1) is 11.4 Å². The first-order chi connectivity index (χ1) is 15.1. The summed E-state index contributed by atoms with van der Waals surface area (Å²) in [4.78, 5) is 0. The molecule has 9 heteroatoms. The van der Waals surface area contributed by atoms with Gasteiger partial charge in [-0.15, -0.1) is 0 Å². The molecule has 0 saturated heterocycles. The molecular formula is C23H28F4I2N2O. The fraction of sp³-hybridized carbons (Fsp3) is 0.435. The summed E-state index contributed by atoms with van der Waals surface area (Å²) in [5.74, 6) is 0.0279. The Morgan fingerprint density at radius 1 is 1.22 bits per heavy atom. The minimum Gasteiger partial charge on any atom is -0.484 e. The molecule has 1 unspecified atom stereocenters.